The molecular weight excluding hydrogens is 234 g/mol. The van der Waals surface area contributed by atoms with Crippen LogP contribution in [0.25, 0.3) is 0 Å². The van der Waals surface area contributed by atoms with Gasteiger partial charge >= 0.3 is 0 Å². The molecule has 1 saturated carbocycles. The molecule has 0 atom stereocenters. The van der Waals surface area contributed by atoms with Gasteiger partial charge in [0.15, 0.2) is 0 Å². The Morgan fingerprint density at radius 3 is 2.63 bits per heavy atom. The third-order valence-electron chi connectivity index (χ3n) is 4.01. The SMILES string of the molecule is COc1ccc(C)cc1CC1(CNCC(C)C)CC1. The molecule has 2 heteroatoms. The molecule has 1 aliphatic carbocycles. The normalized spacial score (nSPS) is 16.7. The molecule has 0 aliphatic heterocycles. The van der Waals surface area contributed by atoms with Gasteiger partial charge in [0.25, 0.3) is 0 Å². The second-order valence-corrected chi connectivity index (χ2v) is 6.52. The molecule has 1 aliphatic rings. The Labute approximate surface area is 117 Å². The maximum absolute atomic E-state index is 5.50. The monoisotopic (exact) mass is 261 g/mol. The maximum Gasteiger partial charge on any atom is 0.122 e. The van der Waals surface area contributed by atoms with Gasteiger partial charge in [0.2, 0.25) is 0 Å². The Bertz CT molecular complexity index is 421. The smallest absolute Gasteiger partial charge is 0.122 e. The molecule has 1 aromatic rings. The maximum atomic E-state index is 5.50. The second kappa shape index (κ2) is 5.96. The van der Waals surface area contributed by atoms with Crippen LogP contribution < -0.4 is 10.1 Å². The highest BCUT2D eigenvalue weighted by atomic mass is 16.5. The summed E-state index contributed by atoms with van der Waals surface area (Å²) in [5.41, 5.74) is 3.17. The first-order valence-electron chi connectivity index (χ1n) is 7.39. The van der Waals surface area contributed by atoms with Crippen LogP contribution in [0, 0.1) is 18.3 Å². The van der Waals surface area contributed by atoms with E-state index >= 15 is 0 Å². The zero-order valence-corrected chi connectivity index (χ0v) is 12.8. The first-order valence-corrected chi connectivity index (χ1v) is 7.39. The summed E-state index contributed by atoms with van der Waals surface area (Å²) in [5, 5.41) is 3.62. The fourth-order valence-corrected chi connectivity index (χ4v) is 2.67. The number of nitrogens with one attached hydrogen (secondary N) is 1. The van der Waals surface area contributed by atoms with E-state index < -0.39 is 0 Å². The van der Waals surface area contributed by atoms with Gasteiger partial charge in [-0.25, -0.2) is 0 Å². The lowest BCUT2D eigenvalue weighted by Crippen LogP contribution is -2.28. The number of methoxy groups -OCH3 is 1. The van der Waals surface area contributed by atoms with E-state index in [2.05, 4.69) is 44.3 Å². The zero-order valence-electron chi connectivity index (χ0n) is 12.8. The van der Waals surface area contributed by atoms with Crippen molar-refractivity contribution in [2.24, 2.45) is 11.3 Å². The fourth-order valence-electron chi connectivity index (χ4n) is 2.67. The van der Waals surface area contributed by atoms with Crippen LogP contribution in [-0.4, -0.2) is 20.2 Å². The van der Waals surface area contributed by atoms with Gasteiger partial charge < -0.3 is 10.1 Å². The molecule has 2 nitrogen and oxygen atoms in total. The summed E-state index contributed by atoms with van der Waals surface area (Å²) >= 11 is 0. The number of hydrogen-bond donors (Lipinski definition) is 1. The summed E-state index contributed by atoms with van der Waals surface area (Å²) < 4.78 is 5.50. The lowest BCUT2D eigenvalue weighted by Gasteiger charge is -2.19. The highest BCUT2D eigenvalue weighted by Crippen LogP contribution is 2.49. The van der Waals surface area contributed by atoms with E-state index in [9.17, 15) is 0 Å². The van der Waals surface area contributed by atoms with E-state index in [1.54, 1.807) is 7.11 Å². The van der Waals surface area contributed by atoms with Crippen molar-refractivity contribution >= 4 is 0 Å². The molecule has 0 radical (unpaired) electrons. The van der Waals surface area contributed by atoms with Crippen molar-refractivity contribution in [3.8, 4) is 5.75 Å². The highest BCUT2D eigenvalue weighted by Gasteiger charge is 2.42. The van der Waals surface area contributed by atoms with E-state index in [0.29, 0.717) is 5.41 Å². The van der Waals surface area contributed by atoms with Crippen molar-refractivity contribution in [1.82, 2.24) is 5.32 Å². The van der Waals surface area contributed by atoms with E-state index in [1.165, 1.54) is 24.0 Å². The van der Waals surface area contributed by atoms with Crippen molar-refractivity contribution in [2.45, 2.75) is 40.0 Å². The quantitative estimate of drug-likeness (QED) is 0.810. The van der Waals surface area contributed by atoms with Crippen LogP contribution in [-0.2, 0) is 6.42 Å². The average Bonchev–Trinajstić information content (AvgIpc) is 3.09. The predicted molar refractivity (Wildman–Crippen MR) is 80.8 cm³/mol. The Balaban J connectivity index is 1.98. The minimum absolute atomic E-state index is 0.482. The predicted octanol–water partition coefficient (Wildman–Crippen LogP) is 3.57. The lowest BCUT2D eigenvalue weighted by molar-refractivity contribution is 0.393. The molecule has 0 unspecified atom stereocenters. The van der Waals surface area contributed by atoms with Gasteiger partial charge in [-0.05, 0) is 55.7 Å². The Hall–Kier alpha value is -1.02. The largest absolute Gasteiger partial charge is 0.496 e. The topological polar surface area (TPSA) is 21.3 Å². The van der Waals surface area contributed by atoms with Crippen LogP contribution in [0.5, 0.6) is 5.75 Å². The third-order valence-corrected chi connectivity index (χ3v) is 4.01. The van der Waals surface area contributed by atoms with Crippen LogP contribution in [0.15, 0.2) is 18.2 Å². The van der Waals surface area contributed by atoms with Crippen molar-refractivity contribution in [2.75, 3.05) is 20.2 Å². The van der Waals surface area contributed by atoms with Crippen LogP contribution >= 0.6 is 0 Å². The molecular formula is C17H27NO. The molecule has 0 saturated heterocycles. The van der Waals surface area contributed by atoms with E-state index in [-0.39, 0.29) is 0 Å². The van der Waals surface area contributed by atoms with Gasteiger partial charge in [-0.2, -0.15) is 0 Å². The summed E-state index contributed by atoms with van der Waals surface area (Å²) in [6.07, 6.45) is 3.83. The van der Waals surface area contributed by atoms with Crippen molar-refractivity contribution < 1.29 is 4.74 Å². The average molecular weight is 261 g/mol. The molecule has 0 spiro atoms. The van der Waals surface area contributed by atoms with Gasteiger partial charge in [0.05, 0.1) is 7.11 Å². The Morgan fingerprint density at radius 2 is 2.05 bits per heavy atom. The number of hydrogen-bond acceptors (Lipinski definition) is 2. The molecule has 0 aromatic heterocycles. The summed E-state index contributed by atoms with van der Waals surface area (Å²) in [4.78, 5) is 0. The van der Waals surface area contributed by atoms with Crippen molar-refractivity contribution in [3.63, 3.8) is 0 Å². The molecule has 2 rings (SSSR count). The molecule has 106 valence electrons. The van der Waals surface area contributed by atoms with Crippen molar-refractivity contribution in [3.05, 3.63) is 29.3 Å². The summed E-state index contributed by atoms with van der Waals surface area (Å²) in [5.74, 6) is 1.77. The number of ether oxygens (including phenoxy) is 1. The third kappa shape index (κ3) is 3.97. The van der Waals surface area contributed by atoms with Gasteiger partial charge in [-0.1, -0.05) is 31.5 Å². The summed E-state index contributed by atoms with van der Waals surface area (Å²) in [6, 6.07) is 6.50. The molecule has 1 aromatic carbocycles. The highest BCUT2D eigenvalue weighted by molar-refractivity contribution is 5.38. The minimum Gasteiger partial charge on any atom is -0.496 e. The molecule has 19 heavy (non-hydrogen) atoms. The first-order chi connectivity index (χ1) is 9.04. The Morgan fingerprint density at radius 1 is 1.32 bits per heavy atom. The van der Waals surface area contributed by atoms with Gasteiger partial charge in [-0.15, -0.1) is 0 Å². The van der Waals surface area contributed by atoms with Gasteiger partial charge in [0, 0.05) is 6.54 Å². The number of benzene rings is 1. The van der Waals surface area contributed by atoms with Gasteiger partial charge in [0.1, 0.15) is 5.75 Å². The van der Waals surface area contributed by atoms with Crippen molar-refractivity contribution in [1.29, 1.82) is 0 Å². The molecule has 1 N–H and O–H groups in total. The van der Waals surface area contributed by atoms with Crippen LogP contribution in [0.1, 0.15) is 37.8 Å². The lowest BCUT2D eigenvalue weighted by atomic mass is 9.94. The molecule has 1 fully saturated rings. The first kappa shape index (κ1) is 14.4. The molecule has 0 heterocycles. The Kier molecular flexibility index (Phi) is 4.51. The van der Waals surface area contributed by atoms with Crippen LogP contribution in [0.4, 0.5) is 0 Å². The van der Waals surface area contributed by atoms with Gasteiger partial charge in [-0.3, -0.25) is 0 Å². The van der Waals surface area contributed by atoms with E-state index in [0.717, 1.165) is 31.2 Å². The van der Waals surface area contributed by atoms with E-state index in [1.807, 2.05) is 0 Å². The van der Waals surface area contributed by atoms with Crippen LogP contribution in [0.3, 0.4) is 0 Å². The number of rotatable bonds is 7. The van der Waals surface area contributed by atoms with Crippen LogP contribution in [0.2, 0.25) is 0 Å². The molecule has 0 bridgehead atoms. The summed E-state index contributed by atoms with van der Waals surface area (Å²) in [6.45, 7) is 8.93. The standard InChI is InChI=1S/C17H27NO/c1-13(2)11-18-12-17(7-8-17)10-15-9-14(3)5-6-16(15)19-4/h5-6,9,13,18H,7-8,10-12H2,1-4H3. The fraction of sp³-hybridized carbons (Fsp3) is 0.647. The minimum atomic E-state index is 0.482. The van der Waals surface area contributed by atoms with E-state index in [4.69, 9.17) is 4.74 Å². The second-order valence-electron chi connectivity index (χ2n) is 6.52. The summed E-state index contributed by atoms with van der Waals surface area (Å²) in [7, 11) is 1.77. The molecule has 0 amide bonds. The zero-order chi connectivity index (χ0) is 13.9. The number of aryl methyl sites for hydroxylation is 1.